The summed E-state index contributed by atoms with van der Waals surface area (Å²) in [5, 5.41) is 15.7. The fraction of sp³-hybridized carbons (Fsp3) is 0.423. The Kier molecular flexibility index (Phi) is 4.76. The zero-order valence-electron chi connectivity index (χ0n) is 18.6. The number of nitrogens with zero attached hydrogens (tertiary/aromatic N) is 4. The molecule has 0 atom stereocenters. The first-order chi connectivity index (χ1) is 16.0. The maximum absolute atomic E-state index is 13.0. The van der Waals surface area contributed by atoms with E-state index in [2.05, 4.69) is 28.0 Å². The molecule has 3 aliphatic rings. The van der Waals surface area contributed by atoms with Crippen LogP contribution in [0.5, 0.6) is 0 Å². The quantitative estimate of drug-likeness (QED) is 0.656. The van der Waals surface area contributed by atoms with Gasteiger partial charge in [-0.15, -0.1) is 0 Å². The molecule has 0 unspecified atom stereocenters. The Morgan fingerprint density at radius 1 is 0.939 bits per heavy atom. The van der Waals surface area contributed by atoms with E-state index in [1.54, 1.807) is 9.80 Å². The molecule has 3 aromatic rings. The lowest BCUT2D eigenvalue weighted by Crippen LogP contribution is -2.53. The second-order valence-corrected chi connectivity index (χ2v) is 9.74. The number of rotatable bonds is 5. The molecular weight excluding hydrogens is 416 g/mol. The summed E-state index contributed by atoms with van der Waals surface area (Å²) in [6.07, 6.45) is 5.65. The number of amides is 2. The highest BCUT2D eigenvalue weighted by molar-refractivity contribution is 5.95. The molecule has 1 N–H and O–H groups in total. The molecular formula is C26H28N4O3. The van der Waals surface area contributed by atoms with E-state index in [1.807, 2.05) is 30.5 Å². The Hall–Kier alpha value is -3.19. The largest absolute Gasteiger partial charge is 0.380 e. The van der Waals surface area contributed by atoms with Gasteiger partial charge in [0, 0.05) is 43.7 Å². The molecule has 6 rings (SSSR count). The molecule has 2 aromatic carbocycles. The van der Waals surface area contributed by atoms with Crippen LogP contribution in [0.2, 0.25) is 0 Å². The van der Waals surface area contributed by atoms with Crippen LogP contribution in [0, 0.1) is 5.92 Å². The summed E-state index contributed by atoms with van der Waals surface area (Å²) < 4.78 is 2.11. The minimum Gasteiger partial charge on any atom is -0.380 e. The lowest BCUT2D eigenvalue weighted by atomic mass is 10.0. The van der Waals surface area contributed by atoms with E-state index in [0.29, 0.717) is 44.6 Å². The molecule has 170 valence electrons. The average molecular weight is 445 g/mol. The van der Waals surface area contributed by atoms with Crippen molar-refractivity contribution in [3.8, 4) is 11.1 Å². The third-order valence-corrected chi connectivity index (χ3v) is 7.21. The predicted octanol–water partition coefficient (Wildman–Crippen LogP) is 2.92. The van der Waals surface area contributed by atoms with Crippen molar-refractivity contribution in [1.82, 2.24) is 19.6 Å². The van der Waals surface area contributed by atoms with Gasteiger partial charge in [0.25, 0.3) is 11.8 Å². The van der Waals surface area contributed by atoms with Gasteiger partial charge in [-0.25, -0.2) is 0 Å². The number of carbonyl (C=O) groups is 2. The van der Waals surface area contributed by atoms with Crippen molar-refractivity contribution in [2.75, 3.05) is 26.2 Å². The molecule has 2 aliphatic carbocycles. The van der Waals surface area contributed by atoms with Gasteiger partial charge in [-0.05, 0) is 67.0 Å². The topological polar surface area (TPSA) is 78.7 Å². The minimum absolute atomic E-state index is 0.0180. The van der Waals surface area contributed by atoms with Crippen LogP contribution in [0.1, 0.15) is 36.0 Å². The van der Waals surface area contributed by atoms with Crippen molar-refractivity contribution in [3.63, 3.8) is 0 Å². The first-order valence-electron chi connectivity index (χ1n) is 11.9. The molecule has 1 saturated heterocycles. The average Bonchev–Trinajstić information content (AvgIpc) is 3.78. The van der Waals surface area contributed by atoms with Crippen molar-refractivity contribution < 1.29 is 14.7 Å². The molecule has 0 bridgehead atoms. The Morgan fingerprint density at radius 2 is 1.61 bits per heavy atom. The Morgan fingerprint density at radius 3 is 2.27 bits per heavy atom. The normalized spacial score (nSPS) is 19.7. The molecule has 2 saturated carbocycles. The third-order valence-electron chi connectivity index (χ3n) is 7.21. The van der Waals surface area contributed by atoms with E-state index in [1.165, 1.54) is 18.4 Å². The molecule has 33 heavy (non-hydrogen) atoms. The first kappa shape index (κ1) is 20.4. The molecule has 0 spiro atoms. The number of aliphatic hydroxyl groups is 1. The van der Waals surface area contributed by atoms with E-state index in [4.69, 9.17) is 0 Å². The summed E-state index contributed by atoms with van der Waals surface area (Å²) in [5.74, 6) is 0.579. The molecule has 1 aliphatic heterocycles. The van der Waals surface area contributed by atoms with Crippen molar-refractivity contribution in [2.45, 2.75) is 37.8 Å². The molecule has 2 amide bonds. The summed E-state index contributed by atoms with van der Waals surface area (Å²) in [6.45, 7) is 2.93. The van der Waals surface area contributed by atoms with E-state index in [9.17, 15) is 14.7 Å². The highest BCUT2D eigenvalue weighted by Crippen LogP contribution is 2.37. The first-order valence-corrected chi connectivity index (χ1v) is 11.9. The van der Waals surface area contributed by atoms with Crippen molar-refractivity contribution in [2.24, 2.45) is 5.92 Å². The highest BCUT2D eigenvalue weighted by atomic mass is 16.3. The Bertz CT molecular complexity index is 1220. The van der Waals surface area contributed by atoms with Crippen LogP contribution < -0.4 is 0 Å². The van der Waals surface area contributed by atoms with Crippen LogP contribution in [0.3, 0.4) is 0 Å². The van der Waals surface area contributed by atoms with E-state index in [-0.39, 0.29) is 11.8 Å². The van der Waals surface area contributed by atoms with Crippen molar-refractivity contribution >= 4 is 22.7 Å². The number of piperazine rings is 1. The predicted molar refractivity (Wildman–Crippen MR) is 125 cm³/mol. The van der Waals surface area contributed by atoms with Gasteiger partial charge in [-0.3, -0.25) is 14.3 Å². The fourth-order valence-electron chi connectivity index (χ4n) is 4.68. The highest BCUT2D eigenvalue weighted by Gasteiger charge is 2.50. The number of fused-ring (bicyclic) bond motifs is 1. The molecule has 2 heterocycles. The molecule has 7 heteroatoms. The second-order valence-electron chi connectivity index (χ2n) is 9.74. The van der Waals surface area contributed by atoms with Crippen molar-refractivity contribution in [1.29, 1.82) is 0 Å². The van der Waals surface area contributed by atoms with Gasteiger partial charge in [-0.1, -0.05) is 18.2 Å². The van der Waals surface area contributed by atoms with Gasteiger partial charge < -0.3 is 14.9 Å². The van der Waals surface area contributed by atoms with Gasteiger partial charge in [0.2, 0.25) is 0 Å². The maximum Gasteiger partial charge on any atom is 0.254 e. The van der Waals surface area contributed by atoms with Gasteiger partial charge in [-0.2, -0.15) is 5.10 Å². The smallest absolute Gasteiger partial charge is 0.254 e. The Labute approximate surface area is 192 Å². The van der Waals surface area contributed by atoms with Crippen LogP contribution in [0.15, 0.2) is 48.7 Å². The van der Waals surface area contributed by atoms with Crippen LogP contribution in [-0.2, 0) is 11.3 Å². The van der Waals surface area contributed by atoms with E-state index >= 15 is 0 Å². The van der Waals surface area contributed by atoms with Gasteiger partial charge >= 0.3 is 0 Å². The monoisotopic (exact) mass is 444 g/mol. The lowest BCUT2D eigenvalue weighted by molar-refractivity contribution is -0.143. The van der Waals surface area contributed by atoms with E-state index < -0.39 is 5.60 Å². The van der Waals surface area contributed by atoms with Gasteiger partial charge in [0.15, 0.2) is 0 Å². The zero-order valence-corrected chi connectivity index (χ0v) is 18.6. The number of carbonyl (C=O) groups excluding carboxylic acids is 2. The summed E-state index contributed by atoms with van der Waals surface area (Å²) in [5.41, 5.74) is 2.86. The molecule has 1 aromatic heterocycles. The minimum atomic E-state index is -1.14. The number of benzene rings is 2. The summed E-state index contributed by atoms with van der Waals surface area (Å²) >= 11 is 0. The summed E-state index contributed by atoms with van der Waals surface area (Å²) in [6, 6.07) is 14.2. The van der Waals surface area contributed by atoms with Crippen molar-refractivity contribution in [3.05, 3.63) is 54.2 Å². The number of aromatic nitrogens is 2. The number of hydrogen-bond donors (Lipinski definition) is 1. The maximum atomic E-state index is 13.0. The van der Waals surface area contributed by atoms with Gasteiger partial charge in [0.1, 0.15) is 5.60 Å². The van der Waals surface area contributed by atoms with Crippen LogP contribution in [-0.4, -0.2) is 68.3 Å². The zero-order chi connectivity index (χ0) is 22.6. The molecule has 0 radical (unpaired) electrons. The van der Waals surface area contributed by atoms with Crippen LogP contribution in [0.4, 0.5) is 0 Å². The standard InChI is InChI=1S/C26H28N4O3/c31-24(28-11-13-29(14-12-28)25(32)26(33)9-10-26)20-5-3-19(4-6-20)21-7-8-23-22(15-21)16-27-30(23)17-18-1-2-18/h3-8,15-16,18,33H,1-2,9-14,17H2. The van der Waals surface area contributed by atoms with Crippen LogP contribution >= 0.6 is 0 Å². The SMILES string of the molecule is O=C(c1ccc(-c2ccc3c(cnn3CC3CC3)c2)cc1)N1CCN(C(=O)C2(O)CC2)CC1. The lowest BCUT2D eigenvalue weighted by Gasteiger charge is -2.35. The second kappa shape index (κ2) is 7.70. The Balaban J connectivity index is 1.12. The van der Waals surface area contributed by atoms with Crippen LogP contribution in [0.25, 0.3) is 22.0 Å². The fourth-order valence-corrected chi connectivity index (χ4v) is 4.68. The molecule has 3 fully saturated rings. The number of hydrogen-bond acceptors (Lipinski definition) is 4. The van der Waals surface area contributed by atoms with E-state index in [0.717, 1.165) is 29.0 Å². The summed E-state index contributed by atoms with van der Waals surface area (Å²) in [7, 11) is 0. The third kappa shape index (κ3) is 3.91. The van der Waals surface area contributed by atoms with Gasteiger partial charge in [0.05, 0.1) is 11.7 Å². The summed E-state index contributed by atoms with van der Waals surface area (Å²) in [4.78, 5) is 28.7. The molecule has 7 nitrogen and oxygen atoms in total.